The molecule has 1 aromatic carbocycles. The van der Waals surface area contributed by atoms with Gasteiger partial charge in [-0.25, -0.2) is 23.5 Å². The maximum atomic E-state index is 12.6. The number of hydrogen-bond donors (Lipinski definition) is 3. The van der Waals surface area contributed by atoms with Crippen LogP contribution in [0, 0.1) is 0 Å². The number of nitrogens with zero attached hydrogens (tertiary/aromatic N) is 2. The SMILES string of the molecule is CCNC(=NCc1ccc(S(N)(=O)=O)cc1)NCc1nc(C(F)(F)F)cs1. The van der Waals surface area contributed by atoms with Crippen LogP contribution >= 0.6 is 11.3 Å². The summed E-state index contributed by atoms with van der Waals surface area (Å²) >= 11 is 0.910. The highest BCUT2D eigenvalue weighted by Gasteiger charge is 2.33. The number of nitrogens with two attached hydrogens (primary N) is 1. The zero-order valence-electron chi connectivity index (χ0n) is 14.2. The zero-order valence-corrected chi connectivity index (χ0v) is 15.9. The number of alkyl halides is 3. The van der Waals surface area contributed by atoms with Crippen molar-refractivity contribution in [1.82, 2.24) is 15.6 Å². The van der Waals surface area contributed by atoms with Crippen LogP contribution in [-0.2, 0) is 29.3 Å². The van der Waals surface area contributed by atoms with Crippen LogP contribution in [0.15, 0.2) is 39.5 Å². The van der Waals surface area contributed by atoms with Crippen LogP contribution in [0.4, 0.5) is 13.2 Å². The maximum Gasteiger partial charge on any atom is 0.434 e. The van der Waals surface area contributed by atoms with Crippen molar-refractivity contribution in [2.24, 2.45) is 10.1 Å². The monoisotopic (exact) mass is 421 g/mol. The van der Waals surface area contributed by atoms with Gasteiger partial charge in [-0.15, -0.1) is 11.3 Å². The molecule has 148 valence electrons. The van der Waals surface area contributed by atoms with Crippen LogP contribution in [0.2, 0.25) is 0 Å². The number of primary sulfonamides is 1. The van der Waals surface area contributed by atoms with Crippen molar-refractivity contribution in [3.05, 3.63) is 45.9 Å². The van der Waals surface area contributed by atoms with Crippen molar-refractivity contribution in [1.29, 1.82) is 0 Å². The van der Waals surface area contributed by atoms with Gasteiger partial charge in [-0.05, 0) is 24.6 Å². The topological polar surface area (TPSA) is 109 Å². The largest absolute Gasteiger partial charge is 0.434 e. The van der Waals surface area contributed by atoms with Crippen molar-refractivity contribution < 1.29 is 21.6 Å². The molecule has 0 spiro atoms. The summed E-state index contributed by atoms with van der Waals surface area (Å²) in [5.41, 5.74) is -0.172. The molecule has 0 radical (unpaired) electrons. The van der Waals surface area contributed by atoms with Gasteiger partial charge in [0.1, 0.15) is 5.01 Å². The van der Waals surface area contributed by atoms with E-state index in [1.807, 2.05) is 6.92 Å². The number of nitrogens with one attached hydrogen (secondary N) is 2. The smallest absolute Gasteiger partial charge is 0.357 e. The number of aliphatic imine (C=N–C) groups is 1. The molecule has 2 aromatic rings. The molecule has 7 nitrogen and oxygen atoms in total. The Morgan fingerprint density at radius 3 is 2.44 bits per heavy atom. The Balaban J connectivity index is 2.00. The highest BCUT2D eigenvalue weighted by Crippen LogP contribution is 2.29. The highest BCUT2D eigenvalue weighted by atomic mass is 32.2. The number of hydrogen-bond acceptors (Lipinski definition) is 5. The van der Waals surface area contributed by atoms with Crippen LogP contribution < -0.4 is 15.8 Å². The number of halogens is 3. The third-order valence-electron chi connectivity index (χ3n) is 3.27. The lowest BCUT2D eigenvalue weighted by atomic mass is 10.2. The Morgan fingerprint density at radius 2 is 1.93 bits per heavy atom. The van der Waals surface area contributed by atoms with E-state index in [-0.39, 0.29) is 23.0 Å². The van der Waals surface area contributed by atoms with Crippen molar-refractivity contribution in [3.63, 3.8) is 0 Å². The first-order valence-corrected chi connectivity index (χ1v) is 10.2. The van der Waals surface area contributed by atoms with E-state index in [2.05, 4.69) is 20.6 Å². The third kappa shape index (κ3) is 6.48. The fourth-order valence-corrected chi connectivity index (χ4v) is 3.23. The lowest BCUT2D eigenvalue weighted by molar-refractivity contribution is -0.140. The summed E-state index contributed by atoms with van der Waals surface area (Å²) in [6, 6.07) is 5.94. The normalized spacial score (nSPS) is 12.9. The van der Waals surface area contributed by atoms with Crippen LogP contribution in [0.25, 0.3) is 0 Å². The van der Waals surface area contributed by atoms with E-state index in [1.54, 1.807) is 12.1 Å². The standard InChI is InChI=1S/C15H18F3N5O2S2/c1-2-20-14(22-8-13-23-12(9-26-13)15(16,17)18)21-7-10-3-5-11(6-4-10)27(19,24)25/h3-6,9H,2,7-8H2,1H3,(H2,19,24,25)(H2,20,21,22). The van der Waals surface area contributed by atoms with Gasteiger partial charge in [0.15, 0.2) is 11.7 Å². The molecule has 0 saturated heterocycles. The van der Waals surface area contributed by atoms with Gasteiger partial charge in [0.2, 0.25) is 10.0 Å². The Labute approximate surface area is 158 Å². The lowest BCUT2D eigenvalue weighted by Gasteiger charge is -2.10. The summed E-state index contributed by atoms with van der Waals surface area (Å²) in [5.74, 6) is 0.400. The Hall–Kier alpha value is -2.18. The van der Waals surface area contributed by atoms with Gasteiger partial charge < -0.3 is 10.6 Å². The quantitative estimate of drug-likeness (QED) is 0.489. The number of benzene rings is 1. The first-order valence-electron chi connectivity index (χ1n) is 7.75. The van der Waals surface area contributed by atoms with Gasteiger partial charge in [0, 0.05) is 11.9 Å². The number of sulfonamides is 1. The summed E-state index contributed by atoms with van der Waals surface area (Å²) in [6.07, 6.45) is -4.46. The molecule has 12 heteroatoms. The molecule has 0 fully saturated rings. The summed E-state index contributed by atoms with van der Waals surface area (Å²) in [5, 5.41) is 12.2. The van der Waals surface area contributed by atoms with Crippen LogP contribution in [0.3, 0.4) is 0 Å². The average Bonchev–Trinajstić information content (AvgIpc) is 3.06. The number of rotatable bonds is 6. The number of aromatic nitrogens is 1. The van der Waals surface area contributed by atoms with Crippen molar-refractivity contribution >= 4 is 27.3 Å². The van der Waals surface area contributed by atoms with Crippen molar-refractivity contribution in [2.45, 2.75) is 31.1 Å². The third-order valence-corrected chi connectivity index (χ3v) is 5.04. The molecule has 0 unspecified atom stereocenters. The van der Waals surface area contributed by atoms with Crippen molar-refractivity contribution in [3.8, 4) is 0 Å². The Kier molecular flexibility index (Phi) is 6.78. The summed E-state index contributed by atoms with van der Waals surface area (Å²) in [4.78, 5) is 7.86. The van der Waals surface area contributed by atoms with E-state index in [1.165, 1.54) is 12.1 Å². The maximum absolute atomic E-state index is 12.6. The van der Waals surface area contributed by atoms with Gasteiger partial charge in [-0.1, -0.05) is 12.1 Å². The van der Waals surface area contributed by atoms with Gasteiger partial charge in [-0.3, -0.25) is 0 Å². The molecule has 0 amide bonds. The zero-order chi connectivity index (χ0) is 20.1. The second-order valence-corrected chi connectivity index (χ2v) is 7.87. The Morgan fingerprint density at radius 1 is 1.26 bits per heavy atom. The van der Waals surface area contributed by atoms with E-state index in [0.29, 0.717) is 12.5 Å². The fourth-order valence-electron chi connectivity index (χ4n) is 1.98. The number of guanidine groups is 1. The summed E-state index contributed by atoms with van der Waals surface area (Å²) in [6.45, 7) is 2.74. The first-order chi connectivity index (χ1) is 12.6. The molecular formula is C15H18F3N5O2S2. The Bertz CT molecular complexity index is 893. The summed E-state index contributed by atoms with van der Waals surface area (Å²) in [7, 11) is -3.75. The van der Waals surface area contributed by atoms with Gasteiger partial charge in [-0.2, -0.15) is 13.2 Å². The average molecular weight is 421 g/mol. The fraction of sp³-hybridized carbons (Fsp3) is 0.333. The van der Waals surface area contributed by atoms with Gasteiger partial charge in [0.25, 0.3) is 0 Å². The minimum absolute atomic E-state index is 0.00417. The second-order valence-electron chi connectivity index (χ2n) is 5.36. The first kappa shape index (κ1) is 21.1. The molecular weight excluding hydrogens is 403 g/mol. The van der Waals surface area contributed by atoms with E-state index >= 15 is 0 Å². The van der Waals surface area contributed by atoms with Gasteiger partial charge in [0.05, 0.1) is 18.0 Å². The molecule has 0 saturated carbocycles. The number of thiazole rings is 1. The molecule has 0 aliphatic rings. The molecule has 0 aliphatic carbocycles. The minimum Gasteiger partial charge on any atom is -0.357 e. The van der Waals surface area contributed by atoms with Crippen molar-refractivity contribution in [2.75, 3.05) is 6.54 Å². The van der Waals surface area contributed by atoms with Crippen LogP contribution in [0.1, 0.15) is 23.2 Å². The molecule has 4 N–H and O–H groups in total. The van der Waals surface area contributed by atoms with Gasteiger partial charge >= 0.3 is 6.18 Å². The molecule has 2 rings (SSSR count). The molecule has 0 atom stereocenters. The predicted octanol–water partition coefficient (Wildman–Crippen LogP) is 2.06. The van der Waals surface area contributed by atoms with Crippen LogP contribution in [0.5, 0.6) is 0 Å². The predicted molar refractivity (Wildman–Crippen MR) is 96.6 cm³/mol. The minimum atomic E-state index is -4.46. The van der Waals surface area contributed by atoms with E-state index < -0.39 is 21.9 Å². The van der Waals surface area contributed by atoms with E-state index in [0.717, 1.165) is 22.3 Å². The molecule has 1 heterocycles. The summed E-state index contributed by atoms with van der Waals surface area (Å²) < 4.78 is 60.2. The molecule has 0 aliphatic heterocycles. The molecule has 1 aromatic heterocycles. The second kappa shape index (κ2) is 8.67. The van der Waals surface area contributed by atoms with E-state index in [4.69, 9.17) is 5.14 Å². The lowest BCUT2D eigenvalue weighted by Crippen LogP contribution is -2.36. The highest BCUT2D eigenvalue weighted by molar-refractivity contribution is 7.89. The van der Waals surface area contributed by atoms with E-state index in [9.17, 15) is 21.6 Å². The molecule has 27 heavy (non-hydrogen) atoms. The van der Waals surface area contributed by atoms with Crippen LogP contribution in [-0.4, -0.2) is 25.9 Å². The molecule has 0 bridgehead atoms.